The van der Waals surface area contributed by atoms with Crippen LogP contribution in [-0.2, 0) is 0 Å². The molecule has 6 heteroatoms. The van der Waals surface area contributed by atoms with E-state index in [-0.39, 0.29) is 18.5 Å². The lowest BCUT2D eigenvalue weighted by Crippen LogP contribution is -2.59. The zero-order valence-electron chi connectivity index (χ0n) is 34.2. The highest BCUT2D eigenvalue weighted by atomic mass is 15.1. The highest BCUT2D eigenvalue weighted by molar-refractivity contribution is 7.00. The minimum absolute atomic E-state index is 0.161. The van der Waals surface area contributed by atoms with E-state index in [0.29, 0.717) is 11.1 Å². The summed E-state index contributed by atoms with van der Waals surface area (Å²) in [4.78, 5) is 0. The van der Waals surface area contributed by atoms with Gasteiger partial charge in [-0.15, -0.1) is 0 Å². The Bertz CT molecular complexity index is 3800. The minimum Gasteiger partial charge on any atom is -0.312 e. The molecule has 11 aromatic rings. The molecule has 5 heterocycles. The topological polar surface area (TPSA) is 62.4 Å². The summed E-state index contributed by atoms with van der Waals surface area (Å²) in [5.41, 5.74) is 19.8. The molecule has 14 rings (SSSR count). The summed E-state index contributed by atoms with van der Waals surface area (Å²) in [5.74, 6) is 0.354. The molecule has 0 radical (unpaired) electrons. The molecule has 1 aliphatic carbocycles. The Kier molecular flexibility index (Phi) is 6.76. The van der Waals surface area contributed by atoms with Crippen LogP contribution >= 0.6 is 0 Å². The van der Waals surface area contributed by atoms with Gasteiger partial charge in [0.15, 0.2) is 0 Å². The van der Waals surface area contributed by atoms with E-state index in [1.54, 1.807) is 0 Å². The highest BCUT2D eigenvalue weighted by Crippen LogP contribution is 2.47. The molecule has 3 aromatic heterocycles. The Morgan fingerprint density at radius 3 is 1.68 bits per heavy atom. The van der Waals surface area contributed by atoms with Gasteiger partial charge in [0.2, 0.25) is 0 Å². The fourth-order valence-electron chi connectivity index (χ4n) is 11.9. The molecule has 8 aromatic carbocycles. The summed E-state index contributed by atoms with van der Waals surface area (Å²) in [7, 11) is 0. The smallest absolute Gasteiger partial charge is 0.252 e. The number of allylic oxidation sites excluding steroid dienone is 1. The number of nitrogens with zero attached hydrogens (tertiary/aromatic N) is 5. The van der Waals surface area contributed by atoms with Crippen molar-refractivity contribution in [3.8, 4) is 40.3 Å². The molecule has 2 unspecified atom stereocenters. The third kappa shape index (κ3) is 4.44. The molecule has 63 heavy (non-hydrogen) atoms. The van der Waals surface area contributed by atoms with Crippen LogP contribution in [0.5, 0.6) is 0 Å². The van der Waals surface area contributed by atoms with Crippen LogP contribution in [0.2, 0.25) is 0 Å². The highest BCUT2D eigenvalue weighted by Gasteiger charge is 2.42. The number of hydrogen-bond acceptors (Lipinski definition) is 2. The van der Waals surface area contributed by atoms with Crippen LogP contribution in [-0.4, -0.2) is 20.4 Å². The summed E-state index contributed by atoms with van der Waals surface area (Å²) in [6.45, 7) is 2.18. The quantitative estimate of drug-likeness (QED) is 0.167. The number of benzene rings is 8. The second-order valence-corrected chi connectivity index (χ2v) is 17.5. The lowest BCUT2D eigenvalue weighted by atomic mass is 9.34. The third-order valence-corrected chi connectivity index (χ3v) is 14.4. The molecule has 290 valence electrons. The largest absolute Gasteiger partial charge is 0.312 e. The van der Waals surface area contributed by atoms with Crippen LogP contribution in [0.4, 0.5) is 0 Å². The number of fused-ring (bicyclic) bond motifs is 13. The zero-order chi connectivity index (χ0) is 41.7. The summed E-state index contributed by atoms with van der Waals surface area (Å²) in [5, 5.41) is 26.7. The van der Waals surface area contributed by atoms with Crippen LogP contribution in [0.25, 0.3) is 88.8 Å². The Morgan fingerprint density at radius 2 is 1.08 bits per heavy atom. The van der Waals surface area contributed by atoms with Crippen LogP contribution in [0.3, 0.4) is 0 Å². The predicted octanol–water partition coefficient (Wildman–Crippen LogP) is 11.3. The molecular formula is C57H34BN5. The minimum atomic E-state index is -0.214. The normalized spacial score (nSPS) is 15.6. The first-order chi connectivity index (χ1) is 31.1. The van der Waals surface area contributed by atoms with E-state index in [1.165, 1.54) is 44.3 Å². The second kappa shape index (κ2) is 12.4. The Balaban J connectivity index is 1.17. The van der Waals surface area contributed by atoms with E-state index in [9.17, 15) is 10.5 Å². The third-order valence-electron chi connectivity index (χ3n) is 14.4. The van der Waals surface area contributed by atoms with Crippen molar-refractivity contribution in [2.24, 2.45) is 0 Å². The number of para-hydroxylation sites is 2. The summed E-state index contributed by atoms with van der Waals surface area (Å²) < 4.78 is 7.50. The molecule has 0 bridgehead atoms. The number of nitriles is 2. The van der Waals surface area contributed by atoms with Gasteiger partial charge in [-0.3, -0.25) is 0 Å². The molecule has 5 nitrogen and oxygen atoms in total. The van der Waals surface area contributed by atoms with Crippen molar-refractivity contribution >= 4 is 83.7 Å². The van der Waals surface area contributed by atoms with Crippen LogP contribution in [0, 0.1) is 22.7 Å². The molecule has 0 spiro atoms. The van der Waals surface area contributed by atoms with Gasteiger partial charge < -0.3 is 13.7 Å². The van der Waals surface area contributed by atoms with Crippen molar-refractivity contribution in [2.45, 2.75) is 18.8 Å². The molecular weight excluding hydrogens is 765 g/mol. The Labute approximate surface area is 363 Å². The number of hydrogen-bond donors (Lipinski definition) is 0. The van der Waals surface area contributed by atoms with E-state index in [4.69, 9.17) is 0 Å². The average Bonchev–Trinajstić information content (AvgIpc) is 3.98. The molecule has 0 saturated carbocycles. The van der Waals surface area contributed by atoms with Crippen molar-refractivity contribution in [1.29, 1.82) is 10.5 Å². The molecule has 0 amide bonds. The monoisotopic (exact) mass is 799 g/mol. The van der Waals surface area contributed by atoms with E-state index in [1.807, 2.05) is 0 Å². The van der Waals surface area contributed by atoms with Gasteiger partial charge in [0.05, 0.1) is 39.8 Å². The standard InChI is InChI=1S/C57H34BN5/c1-33-40(37-14-6-3-7-15-37)22-23-44-43-21-20-38(36-12-4-2-5-13-36)28-51(43)61(55(33)44)39-29-52-54-53(30-39)63-50-19-11-9-17-42(50)46-25-35(32-60)27-48(57(46)63)58(54)47-26-34(31-59)24-45-41-16-8-10-18-49(41)62(52)56(45)47/h2-30,33,40H,1H3. The summed E-state index contributed by atoms with van der Waals surface area (Å²) in [6.07, 6.45) is 4.77. The van der Waals surface area contributed by atoms with Crippen LogP contribution in [0.1, 0.15) is 46.7 Å². The summed E-state index contributed by atoms with van der Waals surface area (Å²) >= 11 is 0. The molecule has 0 saturated heterocycles. The maximum absolute atomic E-state index is 10.5. The van der Waals surface area contributed by atoms with Gasteiger partial charge in [-0.25, -0.2) is 0 Å². The van der Waals surface area contributed by atoms with Gasteiger partial charge >= 0.3 is 0 Å². The average molecular weight is 800 g/mol. The van der Waals surface area contributed by atoms with E-state index in [2.05, 4.69) is 209 Å². The van der Waals surface area contributed by atoms with Gasteiger partial charge in [0, 0.05) is 78.1 Å². The van der Waals surface area contributed by atoms with Crippen molar-refractivity contribution in [2.75, 3.05) is 0 Å². The first-order valence-electron chi connectivity index (χ1n) is 21.7. The van der Waals surface area contributed by atoms with Crippen molar-refractivity contribution in [1.82, 2.24) is 13.7 Å². The molecule has 0 N–H and O–H groups in total. The lowest BCUT2D eigenvalue weighted by Gasteiger charge is -2.35. The van der Waals surface area contributed by atoms with Gasteiger partial charge in [-0.2, -0.15) is 10.5 Å². The summed E-state index contributed by atoms with van der Waals surface area (Å²) in [6, 6.07) is 64.1. The Hall–Kier alpha value is -8.32. The maximum atomic E-state index is 10.5. The number of aromatic nitrogens is 3. The second-order valence-electron chi connectivity index (χ2n) is 17.5. The Morgan fingerprint density at radius 1 is 0.508 bits per heavy atom. The van der Waals surface area contributed by atoms with Crippen molar-refractivity contribution in [3.05, 3.63) is 198 Å². The van der Waals surface area contributed by atoms with E-state index >= 15 is 0 Å². The molecule has 0 fully saturated rings. The van der Waals surface area contributed by atoms with Gasteiger partial charge in [0.25, 0.3) is 6.71 Å². The fourth-order valence-corrected chi connectivity index (χ4v) is 11.9. The first kappa shape index (κ1) is 34.4. The first-order valence-corrected chi connectivity index (χ1v) is 21.7. The zero-order valence-corrected chi connectivity index (χ0v) is 34.2. The maximum Gasteiger partial charge on any atom is 0.252 e. The van der Waals surface area contributed by atoms with Crippen molar-refractivity contribution < 1.29 is 0 Å². The van der Waals surface area contributed by atoms with Gasteiger partial charge in [-0.05, 0) is 87.7 Å². The number of rotatable bonds is 3. The molecule has 2 aliphatic heterocycles. The fraction of sp³-hybridized carbons (Fsp3) is 0.0526. The van der Waals surface area contributed by atoms with Gasteiger partial charge in [-0.1, -0.05) is 128 Å². The van der Waals surface area contributed by atoms with E-state index < -0.39 is 0 Å². The van der Waals surface area contributed by atoms with E-state index in [0.717, 1.165) is 71.6 Å². The SMILES string of the molecule is CC1c2c(c3ccc(-c4ccccc4)cc3n2-c2cc3c4c(c2)-n2c5ccccc5c5cc(C#N)cc(c52)B4c2cc(C#N)cc4c5ccccc5n-3c24)C=CC1c1ccccc1. The lowest BCUT2D eigenvalue weighted by molar-refractivity contribution is 0.639. The van der Waals surface area contributed by atoms with Crippen LogP contribution in [0.15, 0.2) is 170 Å². The van der Waals surface area contributed by atoms with Crippen LogP contribution < -0.4 is 16.4 Å². The predicted molar refractivity (Wildman–Crippen MR) is 258 cm³/mol. The van der Waals surface area contributed by atoms with Crippen molar-refractivity contribution in [3.63, 3.8) is 0 Å². The van der Waals surface area contributed by atoms with Gasteiger partial charge in [0.1, 0.15) is 0 Å². The molecule has 3 aliphatic rings. The molecule has 2 atom stereocenters.